The van der Waals surface area contributed by atoms with E-state index in [2.05, 4.69) is 6.08 Å². The predicted molar refractivity (Wildman–Crippen MR) is 47.6 cm³/mol. The number of allylic oxidation sites excluding steroid dienone is 2. The molecule has 1 unspecified atom stereocenters. The van der Waals surface area contributed by atoms with Crippen LogP contribution in [0.3, 0.4) is 0 Å². The van der Waals surface area contributed by atoms with Crippen molar-refractivity contribution in [1.82, 2.24) is 4.90 Å². The van der Waals surface area contributed by atoms with Crippen molar-refractivity contribution < 1.29 is 9.90 Å². The molecule has 3 nitrogen and oxygen atoms in total. The molecule has 64 valence electrons. The van der Waals surface area contributed by atoms with Crippen molar-refractivity contribution in [2.75, 3.05) is 5.75 Å². The number of aliphatic carboxylic acids is 1. The summed E-state index contributed by atoms with van der Waals surface area (Å²) in [7, 11) is 0. The number of carbonyl (C=O) groups is 1. The van der Waals surface area contributed by atoms with Crippen molar-refractivity contribution in [2.45, 2.75) is 12.5 Å². The number of nitrogens with zero attached hydrogens (tertiary/aromatic N) is 1. The van der Waals surface area contributed by atoms with Crippen LogP contribution in [0.15, 0.2) is 23.4 Å². The van der Waals surface area contributed by atoms with E-state index in [4.69, 9.17) is 5.11 Å². The Bertz CT molecular complexity index is 272. The first-order valence-corrected chi connectivity index (χ1v) is 4.78. The van der Waals surface area contributed by atoms with Crippen LogP contribution < -0.4 is 0 Å². The van der Waals surface area contributed by atoms with Crippen molar-refractivity contribution in [3.63, 3.8) is 0 Å². The average Bonchev–Trinajstić information content (AvgIpc) is 2.47. The van der Waals surface area contributed by atoms with Gasteiger partial charge in [0, 0.05) is 12.0 Å². The van der Waals surface area contributed by atoms with Crippen LogP contribution >= 0.6 is 11.8 Å². The highest BCUT2D eigenvalue weighted by atomic mass is 32.2. The quantitative estimate of drug-likeness (QED) is 0.664. The van der Waals surface area contributed by atoms with E-state index in [1.54, 1.807) is 11.8 Å². The van der Waals surface area contributed by atoms with Gasteiger partial charge in [0.15, 0.2) is 0 Å². The highest BCUT2D eigenvalue weighted by Gasteiger charge is 2.33. The van der Waals surface area contributed by atoms with E-state index in [0.29, 0.717) is 5.75 Å². The topological polar surface area (TPSA) is 40.5 Å². The Morgan fingerprint density at radius 3 is 3.33 bits per heavy atom. The van der Waals surface area contributed by atoms with Crippen molar-refractivity contribution in [2.24, 2.45) is 0 Å². The first-order valence-electron chi connectivity index (χ1n) is 3.80. The average molecular weight is 183 g/mol. The Morgan fingerprint density at radius 2 is 2.58 bits per heavy atom. The number of carboxylic acids is 1. The third kappa shape index (κ3) is 1.12. The summed E-state index contributed by atoms with van der Waals surface area (Å²) in [5, 5.41) is 9.92. The lowest BCUT2D eigenvalue weighted by molar-refractivity contribution is -0.140. The SMILES string of the molecule is O=C(O)C1CSC2=CCC=CN21. The number of thioether (sulfide) groups is 1. The summed E-state index contributed by atoms with van der Waals surface area (Å²) in [5.41, 5.74) is 0. The summed E-state index contributed by atoms with van der Waals surface area (Å²) < 4.78 is 0. The van der Waals surface area contributed by atoms with Crippen LogP contribution in [-0.2, 0) is 4.79 Å². The molecule has 0 aromatic rings. The Kier molecular flexibility index (Phi) is 1.84. The number of carboxylic acid groups (broad SMARTS) is 1. The molecule has 0 spiro atoms. The lowest BCUT2D eigenvalue weighted by Gasteiger charge is -2.21. The third-order valence-corrected chi connectivity index (χ3v) is 3.11. The molecule has 1 fully saturated rings. The van der Waals surface area contributed by atoms with Gasteiger partial charge in [0.25, 0.3) is 0 Å². The lowest BCUT2D eigenvalue weighted by atomic mass is 10.2. The summed E-state index contributed by atoms with van der Waals surface area (Å²) in [6.07, 6.45) is 6.83. The maximum atomic E-state index is 10.7. The molecule has 12 heavy (non-hydrogen) atoms. The van der Waals surface area contributed by atoms with Crippen LogP contribution in [0.4, 0.5) is 0 Å². The third-order valence-electron chi connectivity index (χ3n) is 1.96. The standard InChI is InChI=1S/C8H9NO2S/c10-8(11)6-5-12-7-3-1-2-4-9(6)7/h2-4,6H,1,5H2,(H,10,11). The predicted octanol–water partition coefficient (Wildman–Crippen LogP) is 1.25. The van der Waals surface area contributed by atoms with Gasteiger partial charge in [0.05, 0.1) is 5.03 Å². The fourth-order valence-corrected chi connectivity index (χ4v) is 2.53. The van der Waals surface area contributed by atoms with E-state index in [1.807, 2.05) is 17.2 Å². The normalized spacial score (nSPS) is 26.8. The van der Waals surface area contributed by atoms with E-state index >= 15 is 0 Å². The summed E-state index contributed by atoms with van der Waals surface area (Å²) in [4.78, 5) is 12.6. The zero-order chi connectivity index (χ0) is 8.55. The fourth-order valence-electron chi connectivity index (χ4n) is 1.35. The van der Waals surface area contributed by atoms with Gasteiger partial charge in [-0.1, -0.05) is 12.2 Å². The maximum absolute atomic E-state index is 10.7. The second-order valence-electron chi connectivity index (χ2n) is 2.74. The minimum Gasteiger partial charge on any atom is -0.480 e. The summed E-state index contributed by atoms with van der Waals surface area (Å²) >= 11 is 1.62. The van der Waals surface area contributed by atoms with E-state index in [0.717, 1.165) is 11.4 Å². The molecule has 1 saturated heterocycles. The van der Waals surface area contributed by atoms with Crippen molar-refractivity contribution >= 4 is 17.7 Å². The summed E-state index contributed by atoms with van der Waals surface area (Å²) in [5.74, 6) is -0.0802. The molecule has 2 aliphatic rings. The first kappa shape index (κ1) is 7.73. The van der Waals surface area contributed by atoms with Crippen LogP contribution in [0.2, 0.25) is 0 Å². The van der Waals surface area contributed by atoms with Gasteiger partial charge < -0.3 is 10.0 Å². The highest BCUT2D eigenvalue weighted by molar-refractivity contribution is 8.03. The van der Waals surface area contributed by atoms with E-state index in [9.17, 15) is 4.79 Å². The molecule has 1 atom stereocenters. The second kappa shape index (κ2) is 2.86. The van der Waals surface area contributed by atoms with Crippen LogP contribution in [0.1, 0.15) is 6.42 Å². The van der Waals surface area contributed by atoms with E-state index in [1.165, 1.54) is 0 Å². The minimum absolute atomic E-state index is 0.363. The molecule has 4 heteroatoms. The van der Waals surface area contributed by atoms with Crippen molar-refractivity contribution in [3.05, 3.63) is 23.4 Å². The second-order valence-corrected chi connectivity index (χ2v) is 3.78. The van der Waals surface area contributed by atoms with Crippen LogP contribution in [0.5, 0.6) is 0 Å². The number of fused-ring (bicyclic) bond motifs is 1. The monoisotopic (exact) mass is 183 g/mol. The Hall–Kier alpha value is -0.900. The van der Waals surface area contributed by atoms with Gasteiger partial charge in [-0.3, -0.25) is 0 Å². The molecule has 0 saturated carbocycles. The van der Waals surface area contributed by atoms with E-state index in [-0.39, 0.29) is 6.04 Å². The molecule has 0 radical (unpaired) electrons. The van der Waals surface area contributed by atoms with Gasteiger partial charge in [0.1, 0.15) is 6.04 Å². The maximum Gasteiger partial charge on any atom is 0.327 e. The minimum atomic E-state index is -0.738. The molecular weight excluding hydrogens is 174 g/mol. The zero-order valence-electron chi connectivity index (χ0n) is 6.43. The first-order chi connectivity index (χ1) is 5.79. The smallest absolute Gasteiger partial charge is 0.327 e. The van der Waals surface area contributed by atoms with Crippen molar-refractivity contribution in [3.8, 4) is 0 Å². The summed E-state index contributed by atoms with van der Waals surface area (Å²) in [6, 6.07) is -0.363. The molecular formula is C8H9NO2S. The molecule has 0 aromatic heterocycles. The summed E-state index contributed by atoms with van der Waals surface area (Å²) in [6.45, 7) is 0. The van der Waals surface area contributed by atoms with Gasteiger partial charge in [0.2, 0.25) is 0 Å². The van der Waals surface area contributed by atoms with Gasteiger partial charge >= 0.3 is 5.97 Å². The molecule has 0 aromatic carbocycles. The van der Waals surface area contributed by atoms with Gasteiger partial charge in [-0.15, -0.1) is 11.8 Å². The molecule has 2 rings (SSSR count). The molecule has 2 aliphatic heterocycles. The van der Waals surface area contributed by atoms with Crippen molar-refractivity contribution in [1.29, 1.82) is 0 Å². The molecule has 1 N–H and O–H groups in total. The molecule has 0 amide bonds. The number of rotatable bonds is 1. The Morgan fingerprint density at radius 1 is 1.75 bits per heavy atom. The van der Waals surface area contributed by atoms with Gasteiger partial charge in [-0.2, -0.15) is 0 Å². The number of hydrogen-bond donors (Lipinski definition) is 1. The Balaban J connectivity index is 2.22. The van der Waals surface area contributed by atoms with E-state index < -0.39 is 5.97 Å². The Labute approximate surface area is 74.7 Å². The zero-order valence-corrected chi connectivity index (χ0v) is 7.25. The molecule has 0 bridgehead atoms. The van der Waals surface area contributed by atoms with Crippen LogP contribution in [-0.4, -0.2) is 27.8 Å². The fraction of sp³-hybridized carbons (Fsp3) is 0.375. The molecule has 0 aliphatic carbocycles. The molecule has 2 heterocycles. The van der Waals surface area contributed by atoms with Gasteiger partial charge in [-0.25, -0.2) is 4.79 Å². The van der Waals surface area contributed by atoms with Crippen LogP contribution in [0, 0.1) is 0 Å². The number of hydrogen-bond acceptors (Lipinski definition) is 3. The highest BCUT2D eigenvalue weighted by Crippen LogP contribution is 2.35. The van der Waals surface area contributed by atoms with Crippen LogP contribution in [0.25, 0.3) is 0 Å². The largest absolute Gasteiger partial charge is 0.480 e. The lowest BCUT2D eigenvalue weighted by Crippen LogP contribution is -2.33. The van der Waals surface area contributed by atoms with Gasteiger partial charge in [-0.05, 0) is 6.42 Å².